The van der Waals surface area contributed by atoms with Gasteiger partial charge in [0.25, 0.3) is 0 Å². The van der Waals surface area contributed by atoms with Crippen molar-refractivity contribution in [1.82, 2.24) is 14.7 Å². The first-order chi connectivity index (χ1) is 15.3. The highest BCUT2D eigenvalue weighted by Gasteiger charge is 2.39. The Morgan fingerprint density at radius 1 is 0.645 bits per heavy atom. The number of aromatic nitrogens is 2. The topological polar surface area (TPSA) is 24.3 Å². The zero-order valence-corrected chi connectivity index (χ0v) is 17.9. The minimum atomic E-state index is -0.547. The van der Waals surface area contributed by atoms with Gasteiger partial charge in [0.05, 0.1) is 18.1 Å². The summed E-state index contributed by atoms with van der Waals surface area (Å²) in [4.78, 5) is 4.82. The molecule has 1 aliphatic rings. The van der Waals surface area contributed by atoms with Crippen LogP contribution in [0, 0.1) is 0 Å². The summed E-state index contributed by atoms with van der Waals surface area (Å²) in [5, 5.41) is 4.97. The first-order valence-electron chi connectivity index (χ1n) is 10.9. The molecule has 0 spiro atoms. The fourth-order valence-corrected chi connectivity index (χ4v) is 4.66. The molecule has 0 unspecified atom stereocenters. The van der Waals surface area contributed by atoms with Crippen molar-refractivity contribution in [2.24, 2.45) is 0 Å². The molecule has 1 fully saturated rings. The van der Waals surface area contributed by atoms with E-state index in [1.165, 1.54) is 22.4 Å². The average Bonchev–Trinajstić information content (AvgIpc) is 3.33. The first-order valence-corrected chi connectivity index (χ1v) is 10.9. The molecule has 0 saturated carbocycles. The second kappa shape index (κ2) is 8.40. The Hall–Kier alpha value is -3.37. The first kappa shape index (κ1) is 19.6. The highest BCUT2D eigenvalue weighted by Crippen LogP contribution is 2.40. The summed E-state index contributed by atoms with van der Waals surface area (Å²) in [7, 11) is 2.19. The standard InChI is InChI=1S/C27H28N4/c1-29-17-19-30(20-18-29)26-21-28-31(22-26)27(23-11-5-2-6-12-23,24-13-7-3-8-14-24)25-15-9-4-10-16-25/h2-16,21-22H,17-20H2,1H3. The molecule has 0 atom stereocenters. The van der Waals surface area contributed by atoms with Gasteiger partial charge in [-0.2, -0.15) is 5.10 Å². The Balaban J connectivity index is 1.71. The highest BCUT2D eigenvalue weighted by molar-refractivity contribution is 5.52. The predicted molar refractivity (Wildman–Crippen MR) is 127 cm³/mol. The third kappa shape index (κ3) is 3.53. The molecule has 1 aliphatic heterocycles. The summed E-state index contributed by atoms with van der Waals surface area (Å²) < 4.78 is 2.15. The third-order valence-electron chi connectivity index (χ3n) is 6.36. The van der Waals surface area contributed by atoms with Gasteiger partial charge in [-0.1, -0.05) is 91.0 Å². The second-order valence-corrected chi connectivity index (χ2v) is 8.24. The van der Waals surface area contributed by atoms with Gasteiger partial charge in [-0.25, -0.2) is 0 Å². The van der Waals surface area contributed by atoms with E-state index in [2.05, 4.69) is 119 Å². The van der Waals surface area contributed by atoms with Crippen molar-refractivity contribution in [2.45, 2.75) is 5.54 Å². The van der Waals surface area contributed by atoms with Crippen molar-refractivity contribution in [1.29, 1.82) is 0 Å². The molecule has 1 saturated heterocycles. The number of hydrogen-bond acceptors (Lipinski definition) is 3. The zero-order chi connectivity index (χ0) is 21.1. The lowest BCUT2D eigenvalue weighted by atomic mass is 9.77. The molecule has 0 aliphatic carbocycles. The van der Waals surface area contributed by atoms with Gasteiger partial charge in [-0.3, -0.25) is 4.68 Å². The van der Waals surface area contributed by atoms with Crippen LogP contribution in [0.15, 0.2) is 103 Å². The Kier molecular flexibility index (Phi) is 5.31. The lowest BCUT2D eigenvalue weighted by Gasteiger charge is -2.36. The molecule has 4 aromatic rings. The summed E-state index contributed by atoms with van der Waals surface area (Å²) in [6.07, 6.45) is 4.24. The van der Waals surface area contributed by atoms with Crippen LogP contribution in [0.3, 0.4) is 0 Å². The molecular weight excluding hydrogens is 380 g/mol. The van der Waals surface area contributed by atoms with Crippen LogP contribution in [0.1, 0.15) is 16.7 Å². The molecule has 4 heteroatoms. The third-order valence-corrected chi connectivity index (χ3v) is 6.36. The van der Waals surface area contributed by atoms with E-state index in [4.69, 9.17) is 5.10 Å². The van der Waals surface area contributed by atoms with Gasteiger partial charge in [-0.15, -0.1) is 0 Å². The predicted octanol–water partition coefficient (Wildman–Crippen LogP) is 4.48. The van der Waals surface area contributed by atoms with Crippen molar-refractivity contribution in [3.8, 4) is 0 Å². The fourth-order valence-electron chi connectivity index (χ4n) is 4.66. The number of nitrogens with zero attached hydrogens (tertiary/aromatic N) is 4. The zero-order valence-electron chi connectivity index (χ0n) is 17.9. The number of piperazine rings is 1. The summed E-state index contributed by atoms with van der Waals surface area (Å²) in [5.74, 6) is 0. The molecule has 156 valence electrons. The SMILES string of the molecule is CN1CCN(c2cnn(C(c3ccccc3)(c3ccccc3)c3ccccc3)c2)CC1. The van der Waals surface area contributed by atoms with Crippen LogP contribution >= 0.6 is 0 Å². The molecule has 5 rings (SSSR count). The van der Waals surface area contributed by atoms with E-state index >= 15 is 0 Å². The number of rotatable bonds is 5. The van der Waals surface area contributed by atoms with Gasteiger partial charge in [-0.05, 0) is 23.7 Å². The van der Waals surface area contributed by atoms with Crippen molar-refractivity contribution >= 4 is 5.69 Å². The summed E-state index contributed by atoms with van der Waals surface area (Å²) in [5.41, 5.74) is 4.22. The van der Waals surface area contributed by atoms with E-state index in [0.717, 1.165) is 26.2 Å². The minimum Gasteiger partial charge on any atom is -0.366 e. The van der Waals surface area contributed by atoms with Gasteiger partial charge in [0.2, 0.25) is 0 Å². The van der Waals surface area contributed by atoms with Gasteiger partial charge in [0.1, 0.15) is 5.54 Å². The maximum Gasteiger partial charge on any atom is 0.138 e. The van der Waals surface area contributed by atoms with Crippen LogP contribution in [-0.2, 0) is 5.54 Å². The number of anilines is 1. The van der Waals surface area contributed by atoms with Gasteiger partial charge < -0.3 is 9.80 Å². The Morgan fingerprint density at radius 3 is 1.55 bits per heavy atom. The molecule has 0 radical (unpaired) electrons. The quantitative estimate of drug-likeness (QED) is 0.455. The van der Waals surface area contributed by atoms with E-state index in [-0.39, 0.29) is 0 Å². The van der Waals surface area contributed by atoms with Crippen molar-refractivity contribution in [3.05, 3.63) is 120 Å². The molecular formula is C27H28N4. The lowest BCUT2D eigenvalue weighted by molar-refractivity contribution is 0.313. The lowest BCUT2D eigenvalue weighted by Crippen LogP contribution is -2.44. The maximum atomic E-state index is 4.97. The van der Waals surface area contributed by atoms with Crippen LogP contribution in [0.5, 0.6) is 0 Å². The van der Waals surface area contributed by atoms with Crippen molar-refractivity contribution < 1.29 is 0 Å². The maximum absolute atomic E-state index is 4.97. The van der Waals surface area contributed by atoms with Crippen molar-refractivity contribution in [2.75, 3.05) is 38.1 Å². The van der Waals surface area contributed by atoms with Gasteiger partial charge in [0, 0.05) is 26.2 Å². The van der Waals surface area contributed by atoms with E-state index in [9.17, 15) is 0 Å². The Morgan fingerprint density at radius 2 is 1.10 bits per heavy atom. The molecule has 3 aromatic carbocycles. The Bertz CT molecular complexity index is 1000. The van der Waals surface area contributed by atoms with E-state index in [0.29, 0.717) is 0 Å². The summed E-state index contributed by atoms with van der Waals surface area (Å²) >= 11 is 0. The van der Waals surface area contributed by atoms with Crippen LogP contribution < -0.4 is 4.90 Å². The average molecular weight is 409 g/mol. The summed E-state index contributed by atoms with van der Waals surface area (Å²) in [6, 6.07) is 32.1. The largest absolute Gasteiger partial charge is 0.366 e. The van der Waals surface area contributed by atoms with Crippen LogP contribution in [-0.4, -0.2) is 47.9 Å². The molecule has 4 nitrogen and oxygen atoms in total. The van der Waals surface area contributed by atoms with E-state index in [1.807, 2.05) is 6.20 Å². The Labute approximate surface area is 184 Å². The van der Waals surface area contributed by atoms with Gasteiger partial charge in [0.15, 0.2) is 0 Å². The molecule has 1 aromatic heterocycles. The minimum absolute atomic E-state index is 0.547. The van der Waals surface area contributed by atoms with E-state index < -0.39 is 5.54 Å². The highest BCUT2D eigenvalue weighted by atomic mass is 15.3. The van der Waals surface area contributed by atoms with Crippen LogP contribution in [0.25, 0.3) is 0 Å². The number of hydrogen-bond donors (Lipinski definition) is 0. The number of likely N-dealkylation sites (N-methyl/N-ethyl adjacent to an activating group) is 1. The molecule has 0 N–H and O–H groups in total. The smallest absolute Gasteiger partial charge is 0.138 e. The van der Waals surface area contributed by atoms with E-state index in [1.54, 1.807) is 0 Å². The normalized spacial score (nSPS) is 15.2. The van der Waals surface area contributed by atoms with Crippen LogP contribution in [0.4, 0.5) is 5.69 Å². The van der Waals surface area contributed by atoms with Crippen molar-refractivity contribution in [3.63, 3.8) is 0 Å². The van der Waals surface area contributed by atoms with Gasteiger partial charge >= 0.3 is 0 Å². The fraction of sp³-hybridized carbons (Fsp3) is 0.222. The summed E-state index contributed by atoms with van der Waals surface area (Å²) in [6.45, 7) is 4.20. The monoisotopic (exact) mass is 408 g/mol. The molecule has 0 amide bonds. The molecule has 31 heavy (non-hydrogen) atoms. The van der Waals surface area contributed by atoms with Crippen LogP contribution in [0.2, 0.25) is 0 Å². The molecule has 0 bridgehead atoms. The molecule has 2 heterocycles. The second-order valence-electron chi connectivity index (χ2n) is 8.24. The number of benzene rings is 3.